The Morgan fingerprint density at radius 2 is 1.80 bits per heavy atom. The Hall–Kier alpha value is -0.290. The predicted octanol–water partition coefficient (Wildman–Crippen LogP) is 4.25. The summed E-state index contributed by atoms with van der Waals surface area (Å²) in [6.45, 7) is 3.69. The molecule has 0 saturated heterocycles. The number of thioether (sulfide) groups is 1. The first kappa shape index (κ1) is 12.8. The summed E-state index contributed by atoms with van der Waals surface area (Å²) in [5.74, 6) is -0.857. The first-order chi connectivity index (χ1) is 6.79. The van der Waals surface area contributed by atoms with Crippen molar-refractivity contribution in [3.05, 3.63) is 23.3 Å². The lowest BCUT2D eigenvalue weighted by molar-refractivity contribution is -0.105. The fourth-order valence-corrected chi connectivity index (χ4v) is 2.22. The third-order valence-electron chi connectivity index (χ3n) is 1.88. The van der Waals surface area contributed by atoms with Crippen molar-refractivity contribution in [1.29, 1.82) is 0 Å². The van der Waals surface area contributed by atoms with Crippen molar-refractivity contribution < 1.29 is 13.2 Å². The maximum Gasteiger partial charge on any atom is 0.398 e. The van der Waals surface area contributed by atoms with Gasteiger partial charge in [-0.05, 0) is 31.0 Å². The largest absolute Gasteiger partial charge is 0.398 e. The van der Waals surface area contributed by atoms with E-state index in [2.05, 4.69) is 12.6 Å². The molecular weight excluding hydrogens is 241 g/mol. The molecular formula is C10H11F3S2. The first-order valence-corrected chi connectivity index (χ1v) is 5.72. The van der Waals surface area contributed by atoms with Crippen LogP contribution in [-0.4, -0.2) is 11.9 Å². The van der Waals surface area contributed by atoms with Crippen molar-refractivity contribution in [1.82, 2.24) is 0 Å². The highest BCUT2D eigenvalue weighted by atomic mass is 32.2. The molecule has 84 valence electrons. The fraction of sp³-hybridized carbons (Fsp3) is 0.400. The van der Waals surface area contributed by atoms with Crippen LogP contribution in [0, 0.1) is 13.8 Å². The van der Waals surface area contributed by atoms with E-state index in [1.165, 1.54) is 0 Å². The molecule has 0 aliphatic rings. The topological polar surface area (TPSA) is 0 Å². The molecule has 1 aromatic carbocycles. The Morgan fingerprint density at radius 1 is 1.20 bits per heavy atom. The van der Waals surface area contributed by atoms with Gasteiger partial charge in [0, 0.05) is 9.79 Å². The lowest BCUT2D eigenvalue weighted by atomic mass is 10.2. The van der Waals surface area contributed by atoms with Crippen LogP contribution in [0.2, 0.25) is 0 Å². The Bertz CT molecular complexity index is 358. The highest BCUT2D eigenvalue weighted by Gasteiger charge is 2.27. The molecule has 0 aliphatic heterocycles. The lowest BCUT2D eigenvalue weighted by Gasteiger charge is -2.10. The van der Waals surface area contributed by atoms with Crippen LogP contribution in [0.25, 0.3) is 0 Å². The van der Waals surface area contributed by atoms with Crippen LogP contribution in [0.3, 0.4) is 0 Å². The van der Waals surface area contributed by atoms with Crippen molar-refractivity contribution in [3.63, 3.8) is 0 Å². The van der Waals surface area contributed by atoms with Crippen LogP contribution < -0.4 is 0 Å². The third kappa shape index (κ3) is 3.99. The Kier molecular flexibility index (Phi) is 4.00. The molecule has 0 bridgehead atoms. The summed E-state index contributed by atoms with van der Waals surface area (Å²) in [6.07, 6.45) is -4.13. The molecule has 5 heteroatoms. The zero-order valence-electron chi connectivity index (χ0n) is 8.35. The van der Waals surface area contributed by atoms with Gasteiger partial charge >= 0.3 is 6.18 Å². The van der Waals surface area contributed by atoms with Crippen molar-refractivity contribution in [2.24, 2.45) is 0 Å². The van der Waals surface area contributed by atoms with Crippen LogP contribution >= 0.6 is 24.4 Å². The van der Waals surface area contributed by atoms with Gasteiger partial charge in [0.25, 0.3) is 0 Å². The summed E-state index contributed by atoms with van der Waals surface area (Å²) < 4.78 is 36.0. The van der Waals surface area contributed by atoms with E-state index in [-0.39, 0.29) is 0 Å². The standard InChI is InChI=1S/C10H11F3S2/c1-6-3-7(2)9(4-8(6)14)15-5-10(11,12)13/h3-4,14H,5H2,1-2H3. The first-order valence-electron chi connectivity index (χ1n) is 4.29. The summed E-state index contributed by atoms with van der Waals surface area (Å²) in [5.41, 5.74) is 1.84. The normalized spacial score (nSPS) is 11.9. The molecule has 0 unspecified atom stereocenters. The van der Waals surface area contributed by atoms with Gasteiger partial charge in [-0.25, -0.2) is 0 Å². The molecule has 0 aliphatic carbocycles. The molecule has 0 fully saturated rings. The number of alkyl halides is 3. The van der Waals surface area contributed by atoms with Crippen molar-refractivity contribution in [2.45, 2.75) is 29.8 Å². The van der Waals surface area contributed by atoms with E-state index in [9.17, 15) is 13.2 Å². The predicted molar refractivity (Wildman–Crippen MR) is 59.9 cm³/mol. The molecule has 0 radical (unpaired) electrons. The van der Waals surface area contributed by atoms with Gasteiger partial charge in [-0.2, -0.15) is 13.2 Å². The summed E-state index contributed by atoms with van der Waals surface area (Å²) in [6, 6.07) is 3.53. The highest BCUT2D eigenvalue weighted by molar-refractivity contribution is 7.99. The molecule has 0 amide bonds. The zero-order chi connectivity index (χ0) is 11.6. The van der Waals surface area contributed by atoms with E-state index in [0.29, 0.717) is 4.90 Å². The highest BCUT2D eigenvalue weighted by Crippen LogP contribution is 2.31. The lowest BCUT2D eigenvalue weighted by Crippen LogP contribution is -2.10. The van der Waals surface area contributed by atoms with E-state index in [1.54, 1.807) is 13.0 Å². The Balaban J connectivity index is 2.82. The molecule has 0 saturated carbocycles. The van der Waals surface area contributed by atoms with Crippen LogP contribution in [-0.2, 0) is 0 Å². The molecule has 1 rings (SSSR count). The Labute approximate surface area is 96.7 Å². The quantitative estimate of drug-likeness (QED) is 0.606. The van der Waals surface area contributed by atoms with Crippen molar-refractivity contribution in [2.75, 3.05) is 5.75 Å². The van der Waals surface area contributed by atoms with Crippen molar-refractivity contribution >= 4 is 24.4 Å². The van der Waals surface area contributed by atoms with Gasteiger partial charge in [0.1, 0.15) is 0 Å². The summed E-state index contributed by atoms with van der Waals surface area (Å²) >= 11 is 4.99. The number of hydrogen-bond donors (Lipinski definition) is 1. The fourth-order valence-electron chi connectivity index (χ4n) is 1.14. The van der Waals surface area contributed by atoms with Gasteiger partial charge in [0.05, 0.1) is 5.75 Å². The van der Waals surface area contributed by atoms with E-state index >= 15 is 0 Å². The molecule has 0 nitrogen and oxygen atoms in total. The van der Waals surface area contributed by atoms with Gasteiger partial charge < -0.3 is 0 Å². The SMILES string of the molecule is Cc1cc(C)c(SCC(F)(F)F)cc1S. The average molecular weight is 252 g/mol. The number of rotatable bonds is 2. The van der Waals surface area contributed by atoms with Gasteiger partial charge in [-0.1, -0.05) is 6.07 Å². The van der Waals surface area contributed by atoms with Gasteiger partial charge in [-0.3, -0.25) is 0 Å². The minimum Gasteiger partial charge on any atom is -0.170 e. The zero-order valence-corrected chi connectivity index (χ0v) is 10.1. The number of aryl methyl sites for hydroxylation is 2. The Morgan fingerprint density at radius 3 is 2.33 bits per heavy atom. The van der Waals surface area contributed by atoms with Crippen LogP contribution in [0.1, 0.15) is 11.1 Å². The minimum atomic E-state index is -4.13. The second-order valence-corrected chi connectivity index (χ2v) is 4.81. The number of benzene rings is 1. The summed E-state index contributed by atoms with van der Waals surface area (Å²) in [4.78, 5) is 1.37. The number of thiol groups is 1. The number of hydrogen-bond acceptors (Lipinski definition) is 2. The number of halogens is 3. The molecule has 0 aromatic heterocycles. The maximum atomic E-state index is 12.0. The third-order valence-corrected chi connectivity index (χ3v) is 3.59. The van der Waals surface area contributed by atoms with Gasteiger partial charge in [-0.15, -0.1) is 24.4 Å². The van der Waals surface area contributed by atoms with E-state index < -0.39 is 11.9 Å². The second kappa shape index (κ2) is 4.70. The summed E-state index contributed by atoms with van der Waals surface area (Å²) in [5, 5.41) is 0. The minimum absolute atomic E-state index is 0.642. The average Bonchev–Trinajstić information content (AvgIpc) is 2.07. The van der Waals surface area contributed by atoms with Crippen LogP contribution in [0.4, 0.5) is 13.2 Å². The molecule has 15 heavy (non-hydrogen) atoms. The van der Waals surface area contributed by atoms with E-state index in [4.69, 9.17) is 0 Å². The van der Waals surface area contributed by atoms with E-state index in [1.807, 2.05) is 13.0 Å². The van der Waals surface area contributed by atoms with Gasteiger partial charge in [0.2, 0.25) is 0 Å². The molecule has 0 heterocycles. The molecule has 0 spiro atoms. The monoisotopic (exact) mass is 252 g/mol. The van der Waals surface area contributed by atoms with Crippen LogP contribution in [0.5, 0.6) is 0 Å². The summed E-state index contributed by atoms with van der Waals surface area (Å²) in [7, 11) is 0. The van der Waals surface area contributed by atoms with Crippen molar-refractivity contribution in [3.8, 4) is 0 Å². The van der Waals surface area contributed by atoms with Crippen LogP contribution in [0.15, 0.2) is 21.9 Å². The molecule has 0 atom stereocenters. The maximum absolute atomic E-state index is 12.0. The van der Waals surface area contributed by atoms with E-state index in [0.717, 1.165) is 27.8 Å². The smallest absolute Gasteiger partial charge is 0.170 e. The molecule has 1 aromatic rings. The molecule has 0 N–H and O–H groups in total. The second-order valence-electron chi connectivity index (χ2n) is 3.31. The van der Waals surface area contributed by atoms with Gasteiger partial charge in [0.15, 0.2) is 0 Å².